The minimum atomic E-state index is -1.76. The Kier molecular flexibility index (Phi) is 5.28. The lowest BCUT2D eigenvalue weighted by Gasteiger charge is -2.45. The maximum absolute atomic E-state index is 12.7. The number of carbonyl (C=O) groups excluding carboxylic acids is 1. The van der Waals surface area contributed by atoms with Gasteiger partial charge in [0.2, 0.25) is 0 Å². The van der Waals surface area contributed by atoms with Gasteiger partial charge in [-0.2, -0.15) is 0 Å². The number of aliphatic hydroxyl groups excluding tert-OH is 1. The summed E-state index contributed by atoms with van der Waals surface area (Å²) in [6, 6.07) is 0. The summed E-state index contributed by atoms with van der Waals surface area (Å²) in [5.74, 6) is -0.830. The molecule has 1 unspecified atom stereocenters. The molecule has 1 aliphatic heterocycles. The van der Waals surface area contributed by atoms with E-state index in [-0.39, 0.29) is 17.9 Å². The van der Waals surface area contributed by atoms with Crippen molar-refractivity contribution in [2.45, 2.75) is 52.2 Å². The molecule has 4 atom stereocenters. The van der Waals surface area contributed by atoms with Gasteiger partial charge in [0.25, 0.3) is 5.56 Å². The molecule has 2 N–H and O–H groups in total. The van der Waals surface area contributed by atoms with Gasteiger partial charge in [0.1, 0.15) is 11.6 Å². The predicted octanol–water partition coefficient (Wildman–Crippen LogP) is 0.392. The second-order valence-corrected chi connectivity index (χ2v) is 11.4. The summed E-state index contributed by atoms with van der Waals surface area (Å²) in [5, 5.41) is 8.76. The van der Waals surface area contributed by atoms with Crippen molar-refractivity contribution in [1.29, 1.82) is 0 Å². The lowest BCUT2D eigenvalue weighted by Crippen LogP contribution is -2.58. The van der Waals surface area contributed by atoms with Crippen molar-refractivity contribution < 1.29 is 14.6 Å². The number of H-pyrrole nitrogens is 1. The molecule has 140 valence electrons. The number of aldehydes is 1. The highest BCUT2D eigenvalue weighted by Crippen LogP contribution is 2.52. The van der Waals surface area contributed by atoms with Crippen LogP contribution in [0.25, 0.3) is 0 Å². The fraction of sp³-hybridized carbons (Fsp3) is 0.706. The number of aryl methyl sites for hydroxylation is 1. The molecule has 1 aliphatic rings. The number of aliphatic hydroxyl groups is 1. The van der Waals surface area contributed by atoms with E-state index in [1.165, 1.54) is 10.8 Å². The lowest BCUT2D eigenvalue weighted by molar-refractivity contribution is -0.115. The molecular weight excluding hydrogens is 340 g/mol. The number of hydrogen-bond acceptors (Lipinski definition) is 5. The van der Waals surface area contributed by atoms with E-state index < -0.39 is 37.4 Å². The third-order valence-electron chi connectivity index (χ3n) is 5.19. The highest BCUT2D eigenvalue weighted by molar-refractivity contribution is 6.58. The summed E-state index contributed by atoms with van der Waals surface area (Å²) in [5.41, 5.74) is -0.928. The molecule has 0 aliphatic carbocycles. The van der Waals surface area contributed by atoms with Crippen LogP contribution in [-0.4, -0.2) is 42.5 Å². The lowest BCUT2D eigenvalue weighted by atomic mass is 9.72. The highest BCUT2D eigenvalue weighted by Gasteiger charge is 2.61. The van der Waals surface area contributed by atoms with Gasteiger partial charge in [-0.3, -0.25) is 14.3 Å². The van der Waals surface area contributed by atoms with Crippen LogP contribution in [-0.2, 0) is 14.9 Å². The number of rotatable bonds is 4. The van der Waals surface area contributed by atoms with Crippen LogP contribution in [0.4, 0.5) is 0 Å². The van der Waals surface area contributed by atoms with Crippen LogP contribution >= 0.6 is 0 Å². The van der Waals surface area contributed by atoms with Gasteiger partial charge in [-0.15, -0.1) is 0 Å². The first-order chi connectivity index (χ1) is 11.5. The van der Waals surface area contributed by atoms with Gasteiger partial charge in [-0.05, 0) is 12.3 Å². The third-order valence-corrected chi connectivity index (χ3v) is 7.62. The van der Waals surface area contributed by atoms with Gasteiger partial charge in [-0.1, -0.05) is 33.9 Å². The highest BCUT2D eigenvalue weighted by atomic mass is 28.3. The van der Waals surface area contributed by atoms with Crippen molar-refractivity contribution in [3.8, 4) is 0 Å². The van der Waals surface area contributed by atoms with E-state index in [2.05, 4.69) is 4.98 Å². The molecule has 0 radical (unpaired) electrons. The molecule has 7 nitrogen and oxygen atoms in total. The predicted molar refractivity (Wildman–Crippen MR) is 97.4 cm³/mol. The van der Waals surface area contributed by atoms with E-state index in [0.717, 1.165) is 6.29 Å². The maximum Gasteiger partial charge on any atom is 0.330 e. The molecule has 0 bridgehead atoms. The Morgan fingerprint density at radius 1 is 1.40 bits per heavy atom. The Hall–Kier alpha value is -1.51. The Labute approximate surface area is 148 Å². The summed E-state index contributed by atoms with van der Waals surface area (Å²) in [4.78, 5) is 38.7. The maximum atomic E-state index is 12.7. The Morgan fingerprint density at radius 2 is 2.00 bits per heavy atom. The van der Waals surface area contributed by atoms with Crippen LogP contribution in [0, 0.1) is 24.2 Å². The van der Waals surface area contributed by atoms with Gasteiger partial charge in [0, 0.05) is 17.7 Å². The normalized spacial score (nSPS) is 30.0. The summed E-state index contributed by atoms with van der Waals surface area (Å²) in [6.45, 7) is 11.5. The Bertz CT molecular complexity index is 764. The Morgan fingerprint density at radius 3 is 2.44 bits per heavy atom. The molecule has 8 heteroatoms. The number of ether oxygens (including phenoxy) is 1. The Balaban J connectivity index is 2.85. The first-order valence-electron chi connectivity index (χ1n) is 8.57. The van der Waals surface area contributed by atoms with Gasteiger partial charge >= 0.3 is 5.69 Å². The molecule has 25 heavy (non-hydrogen) atoms. The molecule has 2 rings (SSSR count). The molecule has 0 amide bonds. The second kappa shape index (κ2) is 6.66. The zero-order chi connectivity index (χ0) is 19.2. The zero-order valence-electron chi connectivity index (χ0n) is 15.7. The number of carbonyl (C=O) groups is 1. The van der Waals surface area contributed by atoms with Crippen LogP contribution in [0.1, 0.15) is 26.3 Å². The van der Waals surface area contributed by atoms with E-state index in [4.69, 9.17) is 4.74 Å². The number of aromatic nitrogens is 2. The van der Waals surface area contributed by atoms with Gasteiger partial charge in [0.05, 0.1) is 27.4 Å². The fourth-order valence-corrected chi connectivity index (χ4v) is 6.85. The average molecular weight is 369 g/mol. The number of hydrogen-bond donors (Lipinski definition) is 2. The molecule has 1 aromatic heterocycles. The van der Waals surface area contributed by atoms with Crippen molar-refractivity contribution in [3.63, 3.8) is 0 Å². The summed E-state index contributed by atoms with van der Waals surface area (Å²) in [6.07, 6.45) is 1.68. The first kappa shape index (κ1) is 19.8. The molecule has 0 spiro atoms. The summed E-state index contributed by atoms with van der Waals surface area (Å²) >= 11 is 0. The standard InChI is InChI=1S/C17H28N2O5Si/c1-10-7-19(15(23)18-14(10)22)17(25(5)6)13(16(2,3)4)11(8-20)12(9-21)24-17/h7-8,11-13,21,25H,9H2,1-6H3,(H,18,22,23)/t11-,12-,13?,17+/m1/s1. The molecule has 1 aromatic rings. The third kappa shape index (κ3) is 3.07. The molecule has 0 saturated carbocycles. The molecule has 1 saturated heterocycles. The minimum absolute atomic E-state index is 0.296. The van der Waals surface area contributed by atoms with Crippen LogP contribution in [0.15, 0.2) is 15.8 Å². The number of aromatic amines is 1. The average Bonchev–Trinajstić information content (AvgIpc) is 2.86. The number of nitrogens with one attached hydrogen (secondary N) is 1. The monoisotopic (exact) mass is 368 g/mol. The van der Waals surface area contributed by atoms with Crippen molar-refractivity contribution in [2.24, 2.45) is 17.3 Å². The summed E-state index contributed by atoms with van der Waals surface area (Å²) < 4.78 is 7.75. The topological polar surface area (TPSA) is 101 Å². The van der Waals surface area contributed by atoms with Crippen molar-refractivity contribution in [1.82, 2.24) is 9.55 Å². The van der Waals surface area contributed by atoms with Gasteiger partial charge in [-0.25, -0.2) is 4.79 Å². The summed E-state index contributed by atoms with van der Waals surface area (Å²) in [7, 11) is -1.76. The van der Waals surface area contributed by atoms with Crippen LogP contribution in [0.2, 0.25) is 13.1 Å². The smallest absolute Gasteiger partial charge is 0.330 e. The van der Waals surface area contributed by atoms with Crippen LogP contribution in [0.5, 0.6) is 0 Å². The molecule has 1 fully saturated rings. The largest absolute Gasteiger partial charge is 0.394 e. The van der Waals surface area contributed by atoms with E-state index in [9.17, 15) is 19.5 Å². The van der Waals surface area contributed by atoms with E-state index in [1.54, 1.807) is 6.92 Å². The van der Waals surface area contributed by atoms with Gasteiger partial charge in [0.15, 0.2) is 0 Å². The van der Waals surface area contributed by atoms with Crippen molar-refractivity contribution in [2.75, 3.05) is 6.61 Å². The van der Waals surface area contributed by atoms with Crippen LogP contribution in [0.3, 0.4) is 0 Å². The fourth-order valence-electron chi connectivity index (χ4n) is 4.21. The first-order valence-corrected chi connectivity index (χ1v) is 11.5. The minimum Gasteiger partial charge on any atom is -0.394 e. The quantitative estimate of drug-likeness (QED) is 0.591. The molecular formula is C17H28N2O5Si. The van der Waals surface area contributed by atoms with Crippen molar-refractivity contribution in [3.05, 3.63) is 32.6 Å². The SMILES string of the molecule is Cc1cn([C@]2([SiH](C)C)O[C@H](CO)[C@@H](C=O)C2C(C)(C)C)c(=O)[nH]c1=O. The second-order valence-electron chi connectivity index (χ2n) is 8.24. The van der Waals surface area contributed by atoms with E-state index in [0.29, 0.717) is 5.56 Å². The zero-order valence-corrected chi connectivity index (χ0v) is 16.9. The number of nitrogens with zero attached hydrogens (tertiary/aromatic N) is 1. The van der Waals surface area contributed by atoms with Crippen molar-refractivity contribution >= 4 is 15.1 Å². The van der Waals surface area contributed by atoms with Crippen LogP contribution < -0.4 is 11.2 Å². The van der Waals surface area contributed by atoms with E-state index in [1.807, 2.05) is 33.9 Å². The molecule has 2 heterocycles. The van der Waals surface area contributed by atoms with Gasteiger partial charge < -0.3 is 14.6 Å². The van der Waals surface area contributed by atoms with E-state index >= 15 is 0 Å². The molecule has 0 aromatic carbocycles.